The van der Waals surface area contributed by atoms with E-state index in [0.717, 1.165) is 18.7 Å². The van der Waals surface area contributed by atoms with Crippen LogP contribution in [0.1, 0.15) is 5.56 Å². The minimum absolute atomic E-state index is 0. The second-order valence-corrected chi connectivity index (χ2v) is 4.18. The molecule has 2 N–H and O–H groups in total. The predicted molar refractivity (Wildman–Crippen MR) is 72.7 cm³/mol. The summed E-state index contributed by atoms with van der Waals surface area (Å²) in [5, 5.41) is 5.94. The van der Waals surface area contributed by atoms with Gasteiger partial charge in [0.15, 0.2) is 0 Å². The molecule has 0 aromatic heterocycles. The molecule has 18 heavy (non-hydrogen) atoms. The fourth-order valence-electron chi connectivity index (χ4n) is 1.63. The lowest BCUT2D eigenvalue weighted by Crippen LogP contribution is -2.51. The van der Waals surface area contributed by atoms with Gasteiger partial charge in [-0.15, -0.1) is 12.4 Å². The number of benzene rings is 1. The third kappa shape index (κ3) is 4.64. The van der Waals surface area contributed by atoms with E-state index in [4.69, 9.17) is 4.74 Å². The number of carbonyl (C=O) groups is 1. The molecular formula is C13H19ClN2O2. The summed E-state index contributed by atoms with van der Waals surface area (Å²) in [6.45, 7) is 3.35. The summed E-state index contributed by atoms with van der Waals surface area (Å²) < 4.78 is 5.47. The Bertz CT molecular complexity index is 355. The van der Waals surface area contributed by atoms with E-state index < -0.39 is 0 Å². The van der Waals surface area contributed by atoms with Crippen molar-refractivity contribution in [2.24, 2.45) is 5.92 Å². The molecule has 100 valence electrons. The molecular weight excluding hydrogens is 252 g/mol. The summed E-state index contributed by atoms with van der Waals surface area (Å²) in [7, 11) is 0. The van der Waals surface area contributed by atoms with Crippen LogP contribution in [-0.4, -0.2) is 32.1 Å². The molecule has 0 spiro atoms. The van der Waals surface area contributed by atoms with Crippen LogP contribution in [0.15, 0.2) is 30.3 Å². The highest BCUT2D eigenvalue weighted by Crippen LogP contribution is 2.02. The standard InChI is InChI=1S/C13H18N2O2.ClH/c16-13(12-8-14-9-12)15-6-7-17-10-11-4-2-1-3-5-11;/h1-5,12,14H,6-10H2,(H,15,16);1H. The van der Waals surface area contributed by atoms with Gasteiger partial charge < -0.3 is 15.4 Å². The van der Waals surface area contributed by atoms with Gasteiger partial charge in [-0.05, 0) is 5.56 Å². The van der Waals surface area contributed by atoms with Crippen molar-refractivity contribution in [3.63, 3.8) is 0 Å². The van der Waals surface area contributed by atoms with E-state index in [1.54, 1.807) is 0 Å². The van der Waals surface area contributed by atoms with Crippen molar-refractivity contribution in [1.29, 1.82) is 0 Å². The molecule has 4 nitrogen and oxygen atoms in total. The maximum Gasteiger partial charge on any atom is 0.225 e. The number of rotatable bonds is 6. The fraction of sp³-hybridized carbons (Fsp3) is 0.462. The van der Waals surface area contributed by atoms with Gasteiger partial charge in [0.05, 0.1) is 19.1 Å². The molecule has 0 unspecified atom stereocenters. The van der Waals surface area contributed by atoms with Crippen molar-refractivity contribution in [1.82, 2.24) is 10.6 Å². The van der Waals surface area contributed by atoms with Crippen LogP contribution in [0.2, 0.25) is 0 Å². The van der Waals surface area contributed by atoms with E-state index in [1.165, 1.54) is 0 Å². The monoisotopic (exact) mass is 270 g/mol. The zero-order chi connectivity index (χ0) is 11.9. The molecule has 1 saturated heterocycles. The summed E-state index contributed by atoms with van der Waals surface area (Å²) in [6, 6.07) is 10.0. The third-order valence-electron chi connectivity index (χ3n) is 2.81. The lowest BCUT2D eigenvalue weighted by molar-refractivity contribution is -0.126. The van der Waals surface area contributed by atoms with E-state index in [2.05, 4.69) is 10.6 Å². The number of halogens is 1. The lowest BCUT2D eigenvalue weighted by Gasteiger charge is -2.25. The second-order valence-electron chi connectivity index (χ2n) is 4.18. The molecule has 1 heterocycles. The average Bonchev–Trinajstić information content (AvgIpc) is 2.27. The molecule has 5 heteroatoms. The van der Waals surface area contributed by atoms with Crippen LogP contribution in [0, 0.1) is 5.92 Å². The van der Waals surface area contributed by atoms with Crippen molar-refractivity contribution in [2.75, 3.05) is 26.2 Å². The first kappa shape index (κ1) is 15.0. The van der Waals surface area contributed by atoms with Crippen LogP contribution in [-0.2, 0) is 16.1 Å². The Kier molecular flexibility index (Phi) is 6.72. The number of hydrogen-bond acceptors (Lipinski definition) is 3. The Labute approximate surface area is 114 Å². The first-order valence-corrected chi connectivity index (χ1v) is 5.96. The highest BCUT2D eigenvalue weighted by Gasteiger charge is 2.23. The second kappa shape index (κ2) is 8.08. The highest BCUT2D eigenvalue weighted by atomic mass is 35.5. The maximum atomic E-state index is 11.5. The van der Waals surface area contributed by atoms with Crippen LogP contribution < -0.4 is 10.6 Å². The molecule has 1 aromatic rings. The van der Waals surface area contributed by atoms with Crippen molar-refractivity contribution in [3.05, 3.63) is 35.9 Å². The van der Waals surface area contributed by atoms with Gasteiger partial charge in [-0.2, -0.15) is 0 Å². The number of carbonyl (C=O) groups excluding carboxylic acids is 1. The molecule has 0 aliphatic carbocycles. The predicted octanol–water partition coefficient (Wildman–Crippen LogP) is 0.961. The largest absolute Gasteiger partial charge is 0.375 e. The molecule has 1 aromatic carbocycles. The van der Waals surface area contributed by atoms with Crippen molar-refractivity contribution >= 4 is 18.3 Å². The first-order valence-electron chi connectivity index (χ1n) is 5.96. The molecule has 0 saturated carbocycles. The Morgan fingerprint density at radius 2 is 2.06 bits per heavy atom. The molecule has 1 aliphatic rings. The molecule has 0 radical (unpaired) electrons. The molecule has 1 amide bonds. The zero-order valence-electron chi connectivity index (χ0n) is 10.2. The first-order chi connectivity index (χ1) is 8.36. The highest BCUT2D eigenvalue weighted by molar-refractivity contribution is 5.85. The smallest absolute Gasteiger partial charge is 0.225 e. The fourth-order valence-corrected chi connectivity index (χ4v) is 1.63. The van der Waals surface area contributed by atoms with Gasteiger partial charge in [-0.3, -0.25) is 4.79 Å². The van der Waals surface area contributed by atoms with Gasteiger partial charge >= 0.3 is 0 Å². The van der Waals surface area contributed by atoms with E-state index in [-0.39, 0.29) is 24.2 Å². The van der Waals surface area contributed by atoms with Crippen LogP contribution in [0.3, 0.4) is 0 Å². The SMILES string of the molecule is Cl.O=C(NCCOCc1ccccc1)C1CNC1. The quantitative estimate of drug-likeness (QED) is 0.757. The summed E-state index contributed by atoms with van der Waals surface area (Å²) in [6.07, 6.45) is 0. The van der Waals surface area contributed by atoms with Gasteiger partial charge in [0.1, 0.15) is 0 Å². The minimum atomic E-state index is 0. The number of nitrogens with one attached hydrogen (secondary N) is 2. The third-order valence-corrected chi connectivity index (χ3v) is 2.81. The van der Waals surface area contributed by atoms with E-state index in [0.29, 0.717) is 19.8 Å². The molecule has 0 atom stereocenters. The van der Waals surface area contributed by atoms with Crippen molar-refractivity contribution in [3.8, 4) is 0 Å². The minimum Gasteiger partial charge on any atom is -0.375 e. The molecule has 2 rings (SSSR count). The van der Waals surface area contributed by atoms with Gasteiger partial charge in [-0.25, -0.2) is 0 Å². The van der Waals surface area contributed by atoms with E-state index in [1.807, 2.05) is 30.3 Å². The van der Waals surface area contributed by atoms with Crippen LogP contribution >= 0.6 is 12.4 Å². The topological polar surface area (TPSA) is 50.4 Å². The normalized spacial score (nSPS) is 14.4. The molecule has 1 aliphatic heterocycles. The Morgan fingerprint density at radius 3 is 2.67 bits per heavy atom. The van der Waals surface area contributed by atoms with E-state index in [9.17, 15) is 4.79 Å². The van der Waals surface area contributed by atoms with Gasteiger partial charge in [0.25, 0.3) is 0 Å². The van der Waals surface area contributed by atoms with Crippen molar-refractivity contribution < 1.29 is 9.53 Å². The Hall–Kier alpha value is -1.10. The van der Waals surface area contributed by atoms with Crippen LogP contribution in [0.4, 0.5) is 0 Å². The van der Waals surface area contributed by atoms with Crippen LogP contribution in [0.5, 0.6) is 0 Å². The van der Waals surface area contributed by atoms with Gasteiger partial charge in [-0.1, -0.05) is 30.3 Å². The number of ether oxygens (including phenoxy) is 1. The van der Waals surface area contributed by atoms with Gasteiger partial charge in [0.2, 0.25) is 5.91 Å². The summed E-state index contributed by atoms with van der Waals surface area (Å²) >= 11 is 0. The lowest BCUT2D eigenvalue weighted by atomic mass is 10.0. The van der Waals surface area contributed by atoms with Gasteiger partial charge in [0, 0.05) is 19.6 Å². The summed E-state index contributed by atoms with van der Waals surface area (Å²) in [5.74, 6) is 0.288. The summed E-state index contributed by atoms with van der Waals surface area (Å²) in [5.41, 5.74) is 1.15. The number of hydrogen-bond donors (Lipinski definition) is 2. The zero-order valence-corrected chi connectivity index (χ0v) is 11.0. The number of amides is 1. The maximum absolute atomic E-state index is 11.5. The average molecular weight is 271 g/mol. The van der Waals surface area contributed by atoms with E-state index >= 15 is 0 Å². The Balaban J connectivity index is 0.00000162. The molecule has 0 bridgehead atoms. The molecule has 1 fully saturated rings. The van der Waals surface area contributed by atoms with Crippen molar-refractivity contribution in [2.45, 2.75) is 6.61 Å². The van der Waals surface area contributed by atoms with Crippen LogP contribution in [0.25, 0.3) is 0 Å². The Morgan fingerprint density at radius 1 is 1.33 bits per heavy atom. The summed E-state index contributed by atoms with van der Waals surface area (Å²) in [4.78, 5) is 11.5.